The highest BCUT2D eigenvalue weighted by Gasteiger charge is 2.41. The van der Waals surface area contributed by atoms with Crippen molar-refractivity contribution in [3.63, 3.8) is 0 Å². The molecule has 0 amide bonds. The zero-order chi connectivity index (χ0) is 27.4. The van der Waals surface area contributed by atoms with E-state index in [1.807, 2.05) is 0 Å². The van der Waals surface area contributed by atoms with Gasteiger partial charge in [0.05, 0.1) is 19.1 Å². The first-order valence-corrected chi connectivity index (χ1v) is 13.9. The molecule has 1 aliphatic rings. The van der Waals surface area contributed by atoms with Crippen molar-refractivity contribution in [2.24, 2.45) is 0 Å². The highest BCUT2D eigenvalue weighted by atomic mass is 35.5. The van der Waals surface area contributed by atoms with Crippen molar-refractivity contribution in [1.82, 2.24) is 4.31 Å². The fourth-order valence-electron chi connectivity index (χ4n) is 4.40. The number of hydrogen-bond donors (Lipinski definition) is 0. The lowest BCUT2D eigenvalue weighted by molar-refractivity contribution is -0.605. The Labute approximate surface area is 231 Å². The SMILES string of the molecule is COc1ccc([C@H](Cc2c(Cl)c[n+]([O-])cc2Cl)OC(=O)[C@@H]2CCCN2S(=O)(=O)c2ccccc2)cc1OC. The first-order chi connectivity index (χ1) is 18.1. The third kappa shape index (κ3) is 5.83. The molecule has 0 saturated carbocycles. The molecule has 0 spiro atoms. The average Bonchev–Trinajstić information content (AvgIpc) is 3.41. The van der Waals surface area contributed by atoms with Crippen LogP contribution in [0.25, 0.3) is 0 Å². The predicted molar refractivity (Wildman–Crippen MR) is 141 cm³/mol. The number of esters is 1. The maximum Gasteiger partial charge on any atom is 0.325 e. The molecule has 202 valence electrons. The summed E-state index contributed by atoms with van der Waals surface area (Å²) in [5.74, 6) is 0.173. The minimum atomic E-state index is -3.91. The van der Waals surface area contributed by atoms with E-state index in [1.165, 1.54) is 30.7 Å². The van der Waals surface area contributed by atoms with Crippen molar-refractivity contribution in [2.75, 3.05) is 20.8 Å². The number of sulfonamides is 1. The molecular formula is C26H26Cl2N2O7S. The molecule has 3 aromatic rings. The molecule has 1 aromatic heterocycles. The lowest BCUT2D eigenvalue weighted by Crippen LogP contribution is -2.41. The summed E-state index contributed by atoms with van der Waals surface area (Å²) in [4.78, 5) is 13.6. The summed E-state index contributed by atoms with van der Waals surface area (Å²) in [5, 5.41) is 11.9. The van der Waals surface area contributed by atoms with Crippen molar-refractivity contribution in [2.45, 2.75) is 36.3 Å². The number of pyridine rings is 1. The van der Waals surface area contributed by atoms with Crippen LogP contribution in [0.3, 0.4) is 0 Å². The van der Waals surface area contributed by atoms with Crippen molar-refractivity contribution in [3.8, 4) is 11.5 Å². The second-order valence-corrected chi connectivity index (χ2v) is 11.3. The van der Waals surface area contributed by atoms with Gasteiger partial charge < -0.3 is 19.4 Å². The first-order valence-electron chi connectivity index (χ1n) is 11.7. The van der Waals surface area contributed by atoms with Gasteiger partial charge in [0.25, 0.3) is 0 Å². The van der Waals surface area contributed by atoms with Gasteiger partial charge in [-0.15, -0.1) is 0 Å². The highest BCUT2D eigenvalue weighted by Crippen LogP contribution is 2.36. The summed E-state index contributed by atoms with van der Waals surface area (Å²) >= 11 is 12.6. The van der Waals surface area contributed by atoms with Crippen molar-refractivity contribution in [1.29, 1.82) is 0 Å². The maximum atomic E-state index is 13.5. The molecular weight excluding hydrogens is 555 g/mol. The van der Waals surface area contributed by atoms with Gasteiger partial charge in [0.1, 0.15) is 22.2 Å². The second kappa shape index (κ2) is 11.8. The Morgan fingerprint density at radius 3 is 2.37 bits per heavy atom. The molecule has 4 rings (SSSR count). The van der Waals surface area contributed by atoms with Crippen molar-refractivity contribution in [3.05, 3.63) is 87.3 Å². The Kier molecular flexibility index (Phi) is 8.67. The minimum Gasteiger partial charge on any atom is -0.619 e. The summed E-state index contributed by atoms with van der Waals surface area (Å²) < 4.78 is 44.9. The minimum absolute atomic E-state index is 0.0257. The molecule has 38 heavy (non-hydrogen) atoms. The fraction of sp³-hybridized carbons (Fsp3) is 0.308. The van der Waals surface area contributed by atoms with E-state index in [2.05, 4.69) is 0 Å². The smallest absolute Gasteiger partial charge is 0.325 e. The van der Waals surface area contributed by atoms with Crippen molar-refractivity contribution < 1.29 is 32.2 Å². The third-order valence-electron chi connectivity index (χ3n) is 6.31. The molecule has 1 fully saturated rings. The normalized spacial score (nSPS) is 16.7. The first kappa shape index (κ1) is 28.0. The van der Waals surface area contributed by atoms with E-state index in [0.717, 1.165) is 12.4 Å². The zero-order valence-corrected chi connectivity index (χ0v) is 23.0. The number of benzene rings is 2. The summed E-state index contributed by atoms with van der Waals surface area (Å²) in [6.07, 6.45) is 2.22. The number of rotatable bonds is 9. The van der Waals surface area contributed by atoms with E-state index < -0.39 is 28.1 Å². The Hall–Kier alpha value is -3.05. The van der Waals surface area contributed by atoms with Crippen LogP contribution in [-0.2, 0) is 26.0 Å². The van der Waals surface area contributed by atoms with Gasteiger partial charge in [0, 0.05) is 18.5 Å². The number of carbonyl (C=O) groups excluding carboxylic acids is 1. The van der Waals surface area contributed by atoms with Crippen LogP contribution < -0.4 is 14.2 Å². The third-order valence-corrected chi connectivity index (χ3v) is 8.88. The molecule has 2 aromatic carbocycles. The van der Waals surface area contributed by atoms with Crippen LogP contribution >= 0.6 is 23.2 Å². The summed E-state index contributed by atoms with van der Waals surface area (Å²) in [6, 6.07) is 12.0. The molecule has 0 bridgehead atoms. The zero-order valence-electron chi connectivity index (χ0n) is 20.7. The lowest BCUT2D eigenvalue weighted by Gasteiger charge is -2.26. The van der Waals surface area contributed by atoms with Gasteiger partial charge >= 0.3 is 5.97 Å². The van der Waals surface area contributed by atoms with Gasteiger partial charge in [-0.25, -0.2) is 8.42 Å². The van der Waals surface area contributed by atoms with Gasteiger partial charge in [-0.3, -0.25) is 4.79 Å². The maximum absolute atomic E-state index is 13.5. The topological polar surface area (TPSA) is 109 Å². The largest absolute Gasteiger partial charge is 0.619 e. The molecule has 0 radical (unpaired) electrons. The average molecular weight is 581 g/mol. The molecule has 12 heteroatoms. The standard InChI is InChI=1S/C26H26Cl2N2O7S/c1-35-23-11-10-17(13-25(23)36-2)24(14-19-20(27)15-29(32)16-21(19)28)37-26(31)22-9-6-12-30(22)38(33,34)18-7-4-3-5-8-18/h3-5,7-8,10-11,13,15-16,22,24H,6,9,12,14H2,1-2H3/t22-,24-/m0/s1. The van der Waals surface area contributed by atoms with Gasteiger partial charge in [0.15, 0.2) is 23.9 Å². The number of aromatic nitrogens is 1. The Balaban J connectivity index is 1.68. The van der Waals surface area contributed by atoms with Gasteiger partial charge in [-0.1, -0.05) is 47.5 Å². The molecule has 0 aliphatic carbocycles. The Morgan fingerprint density at radius 1 is 1.08 bits per heavy atom. The molecule has 0 N–H and O–H groups in total. The quantitative estimate of drug-likeness (QED) is 0.210. The summed E-state index contributed by atoms with van der Waals surface area (Å²) in [7, 11) is -0.938. The highest BCUT2D eigenvalue weighted by molar-refractivity contribution is 7.89. The van der Waals surface area contributed by atoms with E-state index in [4.69, 9.17) is 37.4 Å². The van der Waals surface area contributed by atoms with Crippen LogP contribution in [0.4, 0.5) is 0 Å². The lowest BCUT2D eigenvalue weighted by atomic mass is 10.0. The van der Waals surface area contributed by atoms with Gasteiger partial charge in [-0.2, -0.15) is 9.04 Å². The molecule has 2 atom stereocenters. The molecule has 9 nitrogen and oxygen atoms in total. The van der Waals surface area contributed by atoms with Crippen LogP contribution in [-0.4, -0.2) is 45.5 Å². The molecule has 1 aliphatic heterocycles. The Bertz CT molecular complexity index is 1400. The number of halogens is 2. The van der Waals surface area contributed by atoms with E-state index in [-0.39, 0.29) is 27.9 Å². The van der Waals surface area contributed by atoms with Crippen LogP contribution in [0.5, 0.6) is 11.5 Å². The van der Waals surface area contributed by atoms with E-state index >= 15 is 0 Å². The van der Waals surface area contributed by atoms with Gasteiger partial charge in [-0.05, 0) is 42.7 Å². The molecule has 2 heterocycles. The molecule has 1 saturated heterocycles. The van der Waals surface area contributed by atoms with Crippen LogP contribution in [0.2, 0.25) is 10.0 Å². The van der Waals surface area contributed by atoms with E-state index in [1.54, 1.807) is 36.4 Å². The predicted octanol–water partition coefficient (Wildman–Crippen LogP) is 4.32. The van der Waals surface area contributed by atoms with Crippen LogP contribution in [0.15, 0.2) is 65.8 Å². The molecule has 0 unspecified atom stereocenters. The monoisotopic (exact) mass is 580 g/mol. The van der Waals surface area contributed by atoms with Crippen LogP contribution in [0.1, 0.15) is 30.1 Å². The van der Waals surface area contributed by atoms with Gasteiger partial charge in [0.2, 0.25) is 10.0 Å². The fourth-order valence-corrected chi connectivity index (χ4v) is 6.67. The number of nitrogens with zero attached hydrogens (tertiary/aromatic N) is 2. The Morgan fingerprint density at radius 2 is 1.74 bits per heavy atom. The number of hydrogen-bond acceptors (Lipinski definition) is 7. The van der Waals surface area contributed by atoms with Crippen molar-refractivity contribution >= 4 is 39.2 Å². The number of carbonyl (C=O) groups is 1. The number of methoxy groups -OCH3 is 2. The number of ether oxygens (including phenoxy) is 3. The second-order valence-electron chi connectivity index (χ2n) is 8.62. The van der Waals surface area contributed by atoms with E-state index in [9.17, 15) is 18.4 Å². The summed E-state index contributed by atoms with van der Waals surface area (Å²) in [6.45, 7) is 0.192. The van der Waals surface area contributed by atoms with Crippen LogP contribution in [0, 0.1) is 5.21 Å². The van der Waals surface area contributed by atoms with E-state index in [0.29, 0.717) is 40.2 Å². The summed E-state index contributed by atoms with van der Waals surface area (Å²) in [5.41, 5.74) is 0.936.